The summed E-state index contributed by atoms with van der Waals surface area (Å²) < 4.78 is 0. The fourth-order valence-electron chi connectivity index (χ4n) is 1.80. The van der Waals surface area contributed by atoms with E-state index in [-0.39, 0.29) is 23.8 Å². The minimum atomic E-state index is -0.956. The van der Waals surface area contributed by atoms with Crippen molar-refractivity contribution in [3.05, 3.63) is 35.4 Å². The molecule has 3 N–H and O–H groups in total. The molecule has 1 aromatic rings. The summed E-state index contributed by atoms with van der Waals surface area (Å²) in [6, 6.07) is 6.56. The predicted molar refractivity (Wildman–Crippen MR) is 87.2 cm³/mol. The minimum absolute atomic E-state index is 0.0798. The molecule has 0 saturated carbocycles. The van der Waals surface area contributed by atoms with Crippen molar-refractivity contribution < 1.29 is 19.5 Å². The highest BCUT2D eigenvalue weighted by Gasteiger charge is 2.20. The molecule has 23 heavy (non-hydrogen) atoms. The van der Waals surface area contributed by atoms with E-state index in [1.54, 1.807) is 24.3 Å². The van der Waals surface area contributed by atoms with Gasteiger partial charge in [-0.1, -0.05) is 32.9 Å². The van der Waals surface area contributed by atoms with E-state index in [9.17, 15) is 14.4 Å². The molecule has 0 spiro atoms. The average Bonchev–Trinajstić information content (AvgIpc) is 2.46. The van der Waals surface area contributed by atoms with Crippen LogP contribution in [-0.2, 0) is 16.0 Å². The Kier molecular flexibility index (Phi) is 6.75. The Balaban J connectivity index is 2.24. The zero-order valence-electron chi connectivity index (χ0n) is 13.8. The third-order valence-electron chi connectivity index (χ3n) is 3.26. The lowest BCUT2D eigenvalue weighted by atomic mass is 9.96. The van der Waals surface area contributed by atoms with E-state index >= 15 is 0 Å². The summed E-state index contributed by atoms with van der Waals surface area (Å²) in [4.78, 5) is 34.0. The molecule has 0 heterocycles. The van der Waals surface area contributed by atoms with Gasteiger partial charge in [0.25, 0.3) is 0 Å². The molecule has 0 aliphatic heterocycles. The maximum Gasteiger partial charge on any atom is 0.335 e. The Morgan fingerprint density at radius 2 is 1.61 bits per heavy atom. The van der Waals surface area contributed by atoms with Gasteiger partial charge in [0.15, 0.2) is 0 Å². The number of rotatable bonds is 7. The van der Waals surface area contributed by atoms with Gasteiger partial charge in [-0.05, 0) is 24.1 Å². The maximum absolute atomic E-state index is 11.7. The number of amides is 2. The monoisotopic (exact) mass is 320 g/mol. The molecule has 6 nitrogen and oxygen atoms in total. The third kappa shape index (κ3) is 6.95. The predicted octanol–water partition coefficient (Wildman–Crippen LogP) is 1.60. The van der Waals surface area contributed by atoms with Crippen molar-refractivity contribution in [1.82, 2.24) is 10.6 Å². The molecule has 0 fully saturated rings. The summed E-state index contributed by atoms with van der Waals surface area (Å²) in [5.74, 6) is -1.16. The minimum Gasteiger partial charge on any atom is -0.478 e. The highest BCUT2D eigenvalue weighted by molar-refractivity contribution is 5.87. The van der Waals surface area contributed by atoms with Gasteiger partial charge in [-0.25, -0.2) is 4.79 Å². The van der Waals surface area contributed by atoms with Gasteiger partial charge in [0.05, 0.1) is 5.56 Å². The van der Waals surface area contributed by atoms with Crippen LogP contribution in [0.25, 0.3) is 0 Å². The molecule has 0 aromatic heterocycles. The summed E-state index contributed by atoms with van der Waals surface area (Å²) in [6.07, 6.45) is 0.861. The average molecular weight is 320 g/mol. The summed E-state index contributed by atoms with van der Waals surface area (Å²) in [5.41, 5.74) is 0.738. The largest absolute Gasteiger partial charge is 0.478 e. The highest BCUT2D eigenvalue weighted by atomic mass is 16.4. The smallest absolute Gasteiger partial charge is 0.335 e. The number of aromatic carboxylic acids is 1. The second-order valence-corrected chi connectivity index (χ2v) is 6.36. The second kappa shape index (κ2) is 8.31. The van der Waals surface area contributed by atoms with Gasteiger partial charge in [0.1, 0.15) is 0 Å². The number of carbonyl (C=O) groups is 3. The molecule has 0 bridgehead atoms. The lowest BCUT2D eigenvalue weighted by molar-refractivity contribution is -0.128. The lowest BCUT2D eigenvalue weighted by Crippen LogP contribution is -2.37. The third-order valence-corrected chi connectivity index (χ3v) is 3.26. The molecule has 0 atom stereocenters. The first kappa shape index (κ1) is 18.7. The van der Waals surface area contributed by atoms with Crippen LogP contribution in [0.5, 0.6) is 0 Å². The lowest BCUT2D eigenvalue weighted by Gasteiger charge is -2.17. The van der Waals surface area contributed by atoms with E-state index in [0.29, 0.717) is 19.5 Å². The van der Waals surface area contributed by atoms with E-state index in [1.807, 2.05) is 20.8 Å². The van der Waals surface area contributed by atoms with Gasteiger partial charge in [0.2, 0.25) is 11.8 Å². The van der Waals surface area contributed by atoms with Gasteiger partial charge >= 0.3 is 5.97 Å². The highest BCUT2D eigenvalue weighted by Crippen LogP contribution is 2.12. The Bertz CT molecular complexity index is 559. The van der Waals surface area contributed by atoms with Crippen molar-refractivity contribution in [3.8, 4) is 0 Å². The molecule has 0 aliphatic carbocycles. The molecule has 0 unspecified atom stereocenters. The Hall–Kier alpha value is -2.37. The van der Waals surface area contributed by atoms with E-state index < -0.39 is 11.4 Å². The number of hydrogen-bond acceptors (Lipinski definition) is 3. The van der Waals surface area contributed by atoms with Crippen LogP contribution >= 0.6 is 0 Å². The molecular formula is C17H24N2O4. The number of hydrogen-bond donors (Lipinski definition) is 3. The standard InChI is InChI=1S/C17H24N2O4/c1-17(2,3)16(23)19-11-9-14(20)18-10-8-12-4-6-13(7-5-12)15(21)22/h4-7H,8-11H2,1-3H3,(H,18,20)(H,19,23)(H,21,22). The Morgan fingerprint density at radius 3 is 2.13 bits per heavy atom. The van der Waals surface area contributed by atoms with Crippen LogP contribution in [0.2, 0.25) is 0 Å². The van der Waals surface area contributed by atoms with Crippen molar-refractivity contribution in [2.24, 2.45) is 5.41 Å². The molecular weight excluding hydrogens is 296 g/mol. The van der Waals surface area contributed by atoms with Crippen molar-refractivity contribution in [2.45, 2.75) is 33.6 Å². The normalized spacial score (nSPS) is 10.9. The molecule has 126 valence electrons. The van der Waals surface area contributed by atoms with Gasteiger partial charge in [-0.2, -0.15) is 0 Å². The van der Waals surface area contributed by atoms with Crippen LogP contribution < -0.4 is 10.6 Å². The van der Waals surface area contributed by atoms with Crippen molar-refractivity contribution >= 4 is 17.8 Å². The van der Waals surface area contributed by atoms with E-state index in [4.69, 9.17) is 5.11 Å². The van der Waals surface area contributed by atoms with Gasteiger partial charge in [-0.3, -0.25) is 9.59 Å². The number of carbonyl (C=O) groups excluding carboxylic acids is 2. The van der Waals surface area contributed by atoms with Crippen LogP contribution in [-0.4, -0.2) is 36.0 Å². The summed E-state index contributed by atoms with van der Waals surface area (Å²) in [5, 5.41) is 14.3. The van der Waals surface area contributed by atoms with Crippen LogP contribution in [0.1, 0.15) is 43.1 Å². The first-order chi connectivity index (χ1) is 10.7. The quantitative estimate of drug-likeness (QED) is 0.711. The maximum atomic E-state index is 11.7. The Morgan fingerprint density at radius 1 is 1.00 bits per heavy atom. The topological polar surface area (TPSA) is 95.5 Å². The van der Waals surface area contributed by atoms with Gasteiger partial charge in [0, 0.05) is 24.9 Å². The van der Waals surface area contributed by atoms with Crippen molar-refractivity contribution in [3.63, 3.8) is 0 Å². The van der Waals surface area contributed by atoms with Crippen LogP contribution in [0.3, 0.4) is 0 Å². The Labute approximate surface area is 136 Å². The number of nitrogens with one attached hydrogen (secondary N) is 2. The first-order valence-corrected chi connectivity index (χ1v) is 7.57. The molecule has 0 radical (unpaired) electrons. The van der Waals surface area contributed by atoms with Gasteiger partial charge in [-0.15, -0.1) is 0 Å². The summed E-state index contributed by atoms with van der Waals surface area (Å²) in [6.45, 7) is 6.24. The van der Waals surface area contributed by atoms with Crippen LogP contribution in [0.4, 0.5) is 0 Å². The second-order valence-electron chi connectivity index (χ2n) is 6.36. The van der Waals surface area contributed by atoms with Crippen molar-refractivity contribution in [1.29, 1.82) is 0 Å². The number of carboxylic acids is 1. The summed E-state index contributed by atoms with van der Waals surface area (Å²) in [7, 11) is 0. The van der Waals surface area contributed by atoms with Crippen LogP contribution in [0.15, 0.2) is 24.3 Å². The van der Waals surface area contributed by atoms with Crippen LogP contribution in [0, 0.1) is 5.41 Å². The molecule has 1 rings (SSSR count). The SMILES string of the molecule is CC(C)(C)C(=O)NCCC(=O)NCCc1ccc(C(=O)O)cc1. The van der Waals surface area contributed by atoms with Crippen molar-refractivity contribution in [2.75, 3.05) is 13.1 Å². The molecule has 1 aromatic carbocycles. The van der Waals surface area contributed by atoms with E-state index in [2.05, 4.69) is 10.6 Å². The van der Waals surface area contributed by atoms with E-state index in [0.717, 1.165) is 5.56 Å². The molecule has 0 saturated heterocycles. The first-order valence-electron chi connectivity index (χ1n) is 7.57. The molecule has 6 heteroatoms. The van der Waals surface area contributed by atoms with E-state index in [1.165, 1.54) is 0 Å². The molecule has 2 amide bonds. The number of carboxylic acid groups (broad SMARTS) is 1. The summed E-state index contributed by atoms with van der Waals surface area (Å²) >= 11 is 0. The van der Waals surface area contributed by atoms with Gasteiger partial charge < -0.3 is 15.7 Å². The number of benzene rings is 1. The zero-order chi connectivity index (χ0) is 17.5. The molecule has 0 aliphatic rings. The zero-order valence-corrected chi connectivity index (χ0v) is 13.8. The fraction of sp³-hybridized carbons (Fsp3) is 0.471. The fourth-order valence-corrected chi connectivity index (χ4v) is 1.80.